The predicted octanol–water partition coefficient (Wildman–Crippen LogP) is 4.50. The fourth-order valence-corrected chi connectivity index (χ4v) is 2.99. The molecule has 0 saturated heterocycles. The highest BCUT2D eigenvalue weighted by molar-refractivity contribution is 14.1. The van der Waals surface area contributed by atoms with Crippen molar-refractivity contribution in [3.8, 4) is 0 Å². The minimum absolute atomic E-state index is 0.533. The van der Waals surface area contributed by atoms with Crippen molar-refractivity contribution < 1.29 is 5.11 Å². The second-order valence-electron chi connectivity index (χ2n) is 4.66. The first-order chi connectivity index (χ1) is 9.17. The molecule has 0 saturated carbocycles. The van der Waals surface area contributed by atoms with Crippen molar-refractivity contribution in [1.82, 2.24) is 0 Å². The molecule has 2 aromatic rings. The molecule has 1 unspecified atom stereocenters. The molecule has 0 aliphatic rings. The van der Waals surface area contributed by atoms with Gasteiger partial charge in [-0.15, -0.1) is 0 Å². The number of hydrogen-bond acceptors (Lipinski definition) is 1. The summed E-state index contributed by atoms with van der Waals surface area (Å²) in [5.41, 5.74) is 4.54. The first-order valence-corrected chi connectivity index (χ1v) is 7.79. The van der Waals surface area contributed by atoms with Crippen LogP contribution in [0.3, 0.4) is 0 Å². The summed E-state index contributed by atoms with van der Waals surface area (Å²) >= 11 is 2.28. The van der Waals surface area contributed by atoms with E-state index in [0.29, 0.717) is 0 Å². The number of aliphatic hydroxyl groups excluding tert-OH is 1. The van der Waals surface area contributed by atoms with E-state index in [2.05, 4.69) is 54.6 Å². The molecule has 0 aliphatic heterocycles. The van der Waals surface area contributed by atoms with E-state index in [1.807, 2.05) is 24.3 Å². The standard InChI is InChI=1S/C17H19IO/c1-3-12-9-10-13(4-2)15(11-12)17(19)14-7-5-6-8-16(14)18/h5-11,17,19H,3-4H2,1-2H3. The quantitative estimate of drug-likeness (QED) is 0.791. The largest absolute Gasteiger partial charge is 0.384 e. The monoisotopic (exact) mass is 366 g/mol. The van der Waals surface area contributed by atoms with Gasteiger partial charge in [0, 0.05) is 3.57 Å². The number of hydrogen-bond donors (Lipinski definition) is 1. The van der Waals surface area contributed by atoms with E-state index in [1.54, 1.807) is 0 Å². The third kappa shape index (κ3) is 3.18. The maximum Gasteiger partial charge on any atom is 0.105 e. The van der Waals surface area contributed by atoms with E-state index in [4.69, 9.17) is 0 Å². The van der Waals surface area contributed by atoms with E-state index in [0.717, 1.165) is 27.5 Å². The highest BCUT2D eigenvalue weighted by atomic mass is 127. The molecule has 0 bridgehead atoms. The highest BCUT2D eigenvalue weighted by Crippen LogP contribution is 2.29. The summed E-state index contributed by atoms with van der Waals surface area (Å²) in [6.45, 7) is 4.27. The molecule has 0 fully saturated rings. The van der Waals surface area contributed by atoms with E-state index in [-0.39, 0.29) is 0 Å². The Labute approximate surface area is 128 Å². The SMILES string of the molecule is CCc1ccc(CC)c(C(O)c2ccccc2I)c1. The first kappa shape index (κ1) is 14.5. The summed E-state index contributed by atoms with van der Waals surface area (Å²) < 4.78 is 1.11. The van der Waals surface area contributed by atoms with Gasteiger partial charge in [0.2, 0.25) is 0 Å². The van der Waals surface area contributed by atoms with E-state index in [1.165, 1.54) is 11.1 Å². The van der Waals surface area contributed by atoms with Gasteiger partial charge in [-0.25, -0.2) is 0 Å². The van der Waals surface area contributed by atoms with Crippen molar-refractivity contribution in [2.24, 2.45) is 0 Å². The molecule has 2 aromatic carbocycles. The molecule has 1 atom stereocenters. The number of halogens is 1. The Bertz CT molecular complexity index is 563. The Balaban J connectivity index is 2.48. The van der Waals surface area contributed by atoms with Gasteiger partial charge in [0.15, 0.2) is 0 Å². The molecule has 0 spiro atoms. The van der Waals surface area contributed by atoms with E-state index >= 15 is 0 Å². The maximum atomic E-state index is 10.7. The lowest BCUT2D eigenvalue weighted by Crippen LogP contribution is -2.06. The fraction of sp³-hybridized carbons (Fsp3) is 0.294. The third-order valence-corrected chi connectivity index (χ3v) is 4.48. The lowest BCUT2D eigenvalue weighted by atomic mass is 9.93. The smallest absolute Gasteiger partial charge is 0.105 e. The first-order valence-electron chi connectivity index (χ1n) is 6.71. The van der Waals surface area contributed by atoms with Gasteiger partial charge in [-0.05, 0) is 63.8 Å². The van der Waals surface area contributed by atoms with Crippen LogP contribution in [0.25, 0.3) is 0 Å². The van der Waals surface area contributed by atoms with Crippen LogP contribution in [-0.2, 0) is 12.8 Å². The Morgan fingerprint density at radius 1 is 1.00 bits per heavy atom. The van der Waals surface area contributed by atoms with Crippen molar-refractivity contribution >= 4 is 22.6 Å². The van der Waals surface area contributed by atoms with Crippen LogP contribution < -0.4 is 0 Å². The molecular formula is C17H19IO. The van der Waals surface area contributed by atoms with Crippen LogP contribution in [0.4, 0.5) is 0 Å². The molecule has 0 amide bonds. The second kappa shape index (κ2) is 6.53. The molecule has 1 nitrogen and oxygen atoms in total. The summed E-state index contributed by atoms with van der Waals surface area (Å²) in [5.74, 6) is 0. The fourth-order valence-electron chi connectivity index (χ4n) is 2.31. The molecule has 0 heterocycles. The van der Waals surface area contributed by atoms with Crippen molar-refractivity contribution in [2.75, 3.05) is 0 Å². The van der Waals surface area contributed by atoms with Crippen molar-refractivity contribution in [3.63, 3.8) is 0 Å². The summed E-state index contributed by atoms with van der Waals surface area (Å²) in [4.78, 5) is 0. The van der Waals surface area contributed by atoms with Gasteiger partial charge >= 0.3 is 0 Å². The average molecular weight is 366 g/mol. The molecule has 0 aromatic heterocycles. The Hall–Kier alpha value is -0.870. The molecule has 0 aliphatic carbocycles. The van der Waals surface area contributed by atoms with Gasteiger partial charge in [0.1, 0.15) is 6.10 Å². The maximum absolute atomic E-state index is 10.7. The number of aliphatic hydroxyl groups is 1. The number of aryl methyl sites for hydroxylation is 2. The number of benzene rings is 2. The molecule has 2 rings (SSSR count). The van der Waals surface area contributed by atoms with Gasteiger partial charge in [0.05, 0.1) is 0 Å². The Morgan fingerprint density at radius 3 is 2.37 bits per heavy atom. The van der Waals surface area contributed by atoms with Crippen molar-refractivity contribution in [3.05, 3.63) is 68.3 Å². The second-order valence-corrected chi connectivity index (χ2v) is 5.83. The van der Waals surface area contributed by atoms with Crippen LogP contribution >= 0.6 is 22.6 Å². The van der Waals surface area contributed by atoms with E-state index in [9.17, 15) is 5.11 Å². The van der Waals surface area contributed by atoms with Crippen LogP contribution in [0.2, 0.25) is 0 Å². The summed E-state index contributed by atoms with van der Waals surface area (Å²) in [6, 6.07) is 14.5. The van der Waals surface area contributed by atoms with Gasteiger partial charge in [-0.3, -0.25) is 0 Å². The molecule has 1 N–H and O–H groups in total. The van der Waals surface area contributed by atoms with E-state index < -0.39 is 6.10 Å². The van der Waals surface area contributed by atoms with Crippen molar-refractivity contribution in [1.29, 1.82) is 0 Å². The van der Waals surface area contributed by atoms with Gasteiger partial charge in [-0.2, -0.15) is 0 Å². The van der Waals surface area contributed by atoms with Gasteiger partial charge in [0.25, 0.3) is 0 Å². The normalized spacial score (nSPS) is 12.4. The lowest BCUT2D eigenvalue weighted by Gasteiger charge is -2.18. The highest BCUT2D eigenvalue weighted by Gasteiger charge is 2.16. The predicted molar refractivity (Wildman–Crippen MR) is 88.4 cm³/mol. The van der Waals surface area contributed by atoms with Crippen LogP contribution in [0.15, 0.2) is 42.5 Å². The van der Waals surface area contributed by atoms with Crippen LogP contribution in [0.1, 0.15) is 42.2 Å². The Kier molecular flexibility index (Phi) is 4.99. The van der Waals surface area contributed by atoms with Crippen molar-refractivity contribution in [2.45, 2.75) is 32.8 Å². The number of rotatable bonds is 4. The van der Waals surface area contributed by atoms with Crippen LogP contribution in [-0.4, -0.2) is 5.11 Å². The zero-order chi connectivity index (χ0) is 13.8. The molecule has 2 heteroatoms. The average Bonchev–Trinajstić information content (AvgIpc) is 2.46. The molecule has 19 heavy (non-hydrogen) atoms. The summed E-state index contributed by atoms with van der Waals surface area (Å²) in [6.07, 6.45) is 1.41. The molecular weight excluding hydrogens is 347 g/mol. The minimum Gasteiger partial charge on any atom is -0.384 e. The van der Waals surface area contributed by atoms with Gasteiger partial charge in [-0.1, -0.05) is 50.2 Å². The molecule has 100 valence electrons. The minimum atomic E-state index is -0.533. The zero-order valence-corrected chi connectivity index (χ0v) is 13.5. The third-order valence-electron chi connectivity index (χ3n) is 3.49. The Morgan fingerprint density at radius 2 is 1.74 bits per heavy atom. The van der Waals surface area contributed by atoms with Crippen LogP contribution in [0.5, 0.6) is 0 Å². The molecule has 0 radical (unpaired) electrons. The summed E-state index contributed by atoms with van der Waals surface area (Å²) in [7, 11) is 0. The lowest BCUT2D eigenvalue weighted by molar-refractivity contribution is 0.218. The zero-order valence-electron chi connectivity index (χ0n) is 11.4. The van der Waals surface area contributed by atoms with Gasteiger partial charge < -0.3 is 5.11 Å². The summed E-state index contributed by atoms with van der Waals surface area (Å²) in [5, 5.41) is 10.7. The topological polar surface area (TPSA) is 20.2 Å². The van der Waals surface area contributed by atoms with Crippen LogP contribution in [0, 0.1) is 3.57 Å².